The summed E-state index contributed by atoms with van der Waals surface area (Å²) in [7, 11) is 0. The van der Waals surface area contributed by atoms with Crippen LogP contribution in [0.15, 0.2) is 54.6 Å². The fourth-order valence-electron chi connectivity index (χ4n) is 2.78. The van der Waals surface area contributed by atoms with Crippen LogP contribution in [0.5, 0.6) is 0 Å². The Kier molecular flexibility index (Phi) is 3.31. The normalized spacial score (nSPS) is 16.8. The summed E-state index contributed by atoms with van der Waals surface area (Å²) in [6.07, 6.45) is 1.55. The highest BCUT2D eigenvalue weighted by Gasteiger charge is 2.53. The summed E-state index contributed by atoms with van der Waals surface area (Å²) in [6.45, 7) is 0. The number of carbonyl (C=O) groups excluding carboxylic acids is 1. The number of carbonyl (C=O) groups is 1. The van der Waals surface area contributed by atoms with Gasteiger partial charge in [-0.05, 0) is 36.1 Å². The van der Waals surface area contributed by atoms with Crippen molar-refractivity contribution in [2.45, 2.75) is 24.2 Å². The van der Waals surface area contributed by atoms with Crippen molar-refractivity contribution in [3.63, 3.8) is 0 Å². The fraction of sp³-hybridized carbons (Fsp3) is 0.222. The number of ketones is 1. The molecule has 0 saturated heterocycles. The summed E-state index contributed by atoms with van der Waals surface area (Å²) in [5.41, 5.74) is 0.999. The van der Waals surface area contributed by atoms with Gasteiger partial charge >= 0.3 is 0 Å². The van der Waals surface area contributed by atoms with Gasteiger partial charge in [-0.1, -0.05) is 42.5 Å². The average molecular weight is 279 g/mol. The molecule has 0 spiro atoms. The van der Waals surface area contributed by atoms with Crippen molar-refractivity contribution in [2.24, 2.45) is 0 Å². The zero-order valence-electron chi connectivity index (χ0n) is 11.4. The molecule has 104 valence electrons. The number of hydrogen-bond donors (Lipinski definition) is 0. The Morgan fingerprint density at radius 3 is 2.24 bits per heavy atom. The van der Waals surface area contributed by atoms with Gasteiger partial charge in [0.15, 0.2) is 5.78 Å². The Morgan fingerprint density at radius 2 is 1.71 bits per heavy atom. The molecule has 0 aromatic heterocycles. The van der Waals surface area contributed by atoms with Crippen LogP contribution in [0, 0.1) is 17.1 Å². The molecule has 1 fully saturated rings. The number of nitrogens with zero attached hydrogens (tertiary/aromatic N) is 1. The number of hydrogen-bond acceptors (Lipinski definition) is 2. The molecule has 0 N–H and O–H groups in total. The van der Waals surface area contributed by atoms with E-state index in [4.69, 9.17) is 0 Å². The van der Waals surface area contributed by atoms with Crippen molar-refractivity contribution < 1.29 is 9.18 Å². The monoisotopic (exact) mass is 279 g/mol. The van der Waals surface area contributed by atoms with Gasteiger partial charge in [-0.15, -0.1) is 0 Å². The summed E-state index contributed by atoms with van der Waals surface area (Å²) in [6, 6.07) is 17.3. The molecule has 2 aromatic rings. The van der Waals surface area contributed by atoms with Gasteiger partial charge in [-0.2, -0.15) is 5.26 Å². The lowest BCUT2D eigenvalue weighted by atomic mass is 9.82. The molecule has 3 heteroatoms. The maximum Gasteiger partial charge on any atom is 0.164 e. The van der Waals surface area contributed by atoms with Crippen LogP contribution >= 0.6 is 0 Å². The number of halogens is 1. The topological polar surface area (TPSA) is 40.9 Å². The predicted octanol–water partition coefficient (Wildman–Crippen LogP) is 3.73. The third kappa shape index (κ3) is 2.34. The van der Waals surface area contributed by atoms with Crippen LogP contribution in [0.4, 0.5) is 4.39 Å². The average Bonchev–Trinajstić information content (AvgIpc) is 3.32. The van der Waals surface area contributed by atoms with Gasteiger partial charge in [0.1, 0.15) is 11.7 Å². The van der Waals surface area contributed by atoms with Gasteiger partial charge in [0.05, 0.1) is 11.5 Å². The van der Waals surface area contributed by atoms with Crippen LogP contribution in [0.3, 0.4) is 0 Å². The molecule has 0 radical (unpaired) electrons. The van der Waals surface area contributed by atoms with Gasteiger partial charge in [0, 0.05) is 0 Å². The van der Waals surface area contributed by atoms with Gasteiger partial charge in [0.2, 0.25) is 0 Å². The van der Waals surface area contributed by atoms with Crippen molar-refractivity contribution in [3.8, 4) is 6.07 Å². The number of rotatable bonds is 4. The molecule has 0 heterocycles. The summed E-state index contributed by atoms with van der Waals surface area (Å²) >= 11 is 0. The highest BCUT2D eigenvalue weighted by molar-refractivity contribution is 5.99. The fourth-order valence-corrected chi connectivity index (χ4v) is 2.78. The molecule has 1 aliphatic carbocycles. The third-order valence-corrected chi connectivity index (χ3v) is 4.14. The second-order valence-corrected chi connectivity index (χ2v) is 5.43. The Balaban J connectivity index is 1.94. The maximum absolute atomic E-state index is 13.0. The molecule has 1 unspecified atom stereocenters. The molecule has 2 aromatic carbocycles. The summed E-state index contributed by atoms with van der Waals surface area (Å²) in [5, 5.41) is 9.39. The molecular weight excluding hydrogens is 265 g/mol. The Labute approximate surface area is 122 Å². The Morgan fingerprint density at radius 1 is 1.10 bits per heavy atom. The van der Waals surface area contributed by atoms with Crippen molar-refractivity contribution in [1.29, 1.82) is 5.26 Å². The number of benzene rings is 2. The first-order valence-electron chi connectivity index (χ1n) is 6.92. The first-order valence-corrected chi connectivity index (χ1v) is 6.92. The van der Waals surface area contributed by atoms with E-state index in [1.165, 1.54) is 24.3 Å². The molecule has 1 saturated carbocycles. The second-order valence-electron chi connectivity index (χ2n) is 5.43. The number of nitriles is 1. The van der Waals surface area contributed by atoms with E-state index < -0.39 is 11.3 Å². The van der Waals surface area contributed by atoms with Crippen LogP contribution in [-0.4, -0.2) is 5.78 Å². The summed E-state index contributed by atoms with van der Waals surface area (Å²) < 4.78 is 13.0. The number of Topliss-reactive ketones (excluding diaryl/α,β-unsaturated/α-hetero) is 1. The van der Waals surface area contributed by atoms with E-state index in [0.29, 0.717) is 5.56 Å². The van der Waals surface area contributed by atoms with E-state index in [0.717, 1.165) is 18.4 Å². The summed E-state index contributed by atoms with van der Waals surface area (Å²) in [4.78, 5) is 12.8. The maximum atomic E-state index is 13.0. The highest BCUT2D eigenvalue weighted by Crippen LogP contribution is 2.51. The largest absolute Gasteiger partial charge is 0.297 e. The predicted molar refractivity (Wildman–Crippen MR) is 77.1 cm³/mol. The highest BCUT2D eigenvalue weighted by atomic mass is 19.1. The first kappa shape index (κ1) is 13.5. The van der Waals surface area contributed by atoms with E-state index in [-0.39, 0.29) is 11.6 Å². The van der Waals surface area contributed by atoms with E-state index in [1.807, 2.05) is 30.3 Å². The smallest absolute Gasteiger partial charge is 0.164 e. The van der Waals surface area contributed by atoms with Crippen molar-refractivity contribution in [3.05, 3.63) is 71.5 Å². The molecule has 0 aliphatic heterocycles. The molecule has 1 aliphatic rings. The first-order chi connectivity index (χ1) is 10.2. The van der Waals surface area contributed by atoms with Gasteiger partial charge in [0.25, 0.3) is 0 Å². The minimum atomic E-state index is -0.840. The van der Waals surface area contributed by atoms with E-state index in [2.05, 4.69) is 6.07 Å². The van der Waals surface area contributed by atoms with Crippen LogP contribution in [0.2, 0.25) is 0 Å². The molecule has 0 amide bonds. The van der Waals surface area contributed by atoms with Gasteiger partial charge in [-0.25, -0.2) is 4.39 Å². The SMILES string of the molecule is N#CC(C(=O)C1(c2ccccc2)CC1)c1ccc(F)cc1. The minimum Gasteiger partial charge on any atom is -0.297 e. The third-order valence-electron chi connectivity index (χ3n) is 4.14. The van der Waals surface area contributed by atoms with Crippen molar-refractivity contribution >= 4 is 5.78 Å². The van der Waals surface area contributed by atoms with Crippen molar-refractivity contribution in [2.75, 3.05) is 0 Å². The van der Waals surface area contributed by atoms with Gasteiger partial charge < -0.3 is 0 Å². The molecule has 0 bridgehead atoms. The lowest BCUT2D eigenvalue weighted by Crippen LogP contribution is -2.26. The van der Waals surface area contributed by atoms with E-state index >= 15 is 0 Å². The van der Waals surface area contributed by atoms with Crippen LogP contribution in [0.25, 0.3) is 0 Å². The van der Waals surface area contributed by atoms with E-state index in [1.54, 1.807) is 0 Å². The van der Waals surface area contributed by atoms with Gasteiger partial charge in [-0.3, -0.25) is 4.79 Å². The molecule has 2 nitrogen and oxygen atoms in total. The lowest BCUT2D eigenvalue weighted by molar-refractivity contribution is -0.121. The zero-order chi connectivity index (χ0) is 14.9. The van der Waals surface area contributed by atoms with E-state index in [9.17, 15) is 14.4 Å². The van der Waals surface area contributed by atoms with Crippen LogP contribution in [0.1, 0.15) is 29.9 Å². The molecule has 1 atom stereocenters. The van der Waals surface area contributed by atoms with Crippen LogP contribution in [-0.2, 0) is 10.2 Å². The zero-order valence-corrected chi connectivity index (χ0v) is 11.4. The Bertz CT molecular complexity index is 696. The molecule has 21 heavy (non-hydrogen) atoms. The second kappa shape index (κ2) is 5.14. The molecule has 3 rings (SSSR count). The van der Waals surface area contributed by atoms with Crippen molar-refractivity contribution in [1.82, 2.24) is 0 Å². The Hall–Kier alpha value is -2.47. The minimum absolute atomic E-state index is 0.0807. The molecular formula is C18H14FNO. The van der Waals surface area contributed by atoms with Crippen LogP contribution < -0.4 is 0 Å². The summed E-state index contributed by atoms with van der Waals surface area (Å²) in [5.74, 6) is -1.29. The lowest BCUT2D eigenvalue weighted by Gasteiger charge is -2.18. The quantitative estimate of drug-likeness (QED) is 0.855. The standard InChI is InChI=1S/C18H14FNO/c19-15-8-6-13(7-9-15)16(12-20)17(21)18(10-11-18)14-4-2-1-3-5-14/h1-9,16H,10-11H2.